The standard InChI is InChI=1S/C33H33NO5/c1-3-37-33(35)22-31(26-10-6-4-7-11-26)27-16-20-30(21-17-27)38-23-25-14-18-29(19-15-25)39-24-32(34-36-2)28-12-8-5-9-13-28/h4-21,31H,3,22-24H2,1-2H3/b34-32+. The van der Waals surface area contributed by atoms with Gasteiger partial charge in [-0.3, -0.25) is 4.79 Å². The predicted octanol–water partition coefficient (Wildman–Crippen LogP) is 6.78. The quantitative estimate of drug-likeness (QED) is 0.110. The molecule has 1 atom stereocenters. The zero-order valence-corrected chi connectivity index (χ0v) is 22.3. The van der Waals surface area contributed by atoms with E-state index < -0.39 is 0 Å². The minimum Gasteiger partial charge on any atom is -0.489 e. The van der Waals surface area contributed by atoms with Gasteiger partial charge in [-0.15, -0.1) is 0 Å². The Morgan fingerprint density at radius 2 is 1.33 bits per heavy atom. The first-order valence-corrected chi connectivity index (χ1v) is 13.0. The average Bonchev–Trinajstić information content (AvgIpc) is 2.99. The van der Waals surface area contributed by atoms with E-state index in [0.29, 0.717) is 25.5 Å². The number of carbonyl (C=O) groups is 1. The lowest BCUT2D eigenvalue weighted by atomic mass is 9.88. The molecule has 0 fully saturated rings. The zero-order valence-electron chi connectivity index (χ0n) is 22.3. The SMILES string of the molecule is CCOC(=O)CC(c1ccccc1)c1ccc(OCc2ccc(OC/C(=N\OC)c3ccccc3)cc2)cc1. The molecule has 0 spiro atoms. The minimum atomic E-state index is -0.207. The van der Waals surface area contributed by atoms with Crippen molar-refractivity contribution in [3.8, 4) is 11.5 Å². The summed E-state index contributed by atoms with van der Waals surface area (Å²) >= 11 is 0. The van der Waals surface area contributed by atoms with E-state index in [1.165, 1.54) is 7.11 Å². The van der Waals surface area contributed by atoms with Crippen molar-refractivity contribution in [3.05, 3.63) is 131 Å². The zero-order chi connectivity index (χ0) is 27.3. The summed E-state index contributed by atoms with van der Waals surface area (Å²) in [6.07, 6.45) is 0.288. The van der Waals surface area contributed by atoms with Gasteiger partial charge in [0.15, 0.2) is 0 Å². The highest BCUT2D eigenvalue weighted by molar-refractivity contribution is 6.01. The van der Waals surface area contributed by atoms with Gasteiger partial charge >= 0.3 is 5.97 Å². The number of hydrogen-bond acceptors (Lipinski definition) is 6. The summed E-state index contributed by atoms with van der Waals surface area (Å²) < 4.78 is 17.1. The van der Waals surface area contributed by atoms with E-state index in [4.69, 9.17) is 19.0 Å². The number of ether oxygens (including phenoxy) is 3. The molecule has 0 aliphatic heterocycles. The van der Waals surface area contributed by atoms with E-state index in [-0.39, 0.29) is 18.3 Å². The predicted molar refractivity (Wildman–Crippen MR) is 152 cm³/mol. The van der Waals surface area contributed by atoms with Crippen molar-refractivity contribution >= 4 is 11.7 Å². The lowest BCUT2D eigenvalue weighted by molar-refractivity contribution is -0.143. The highest BCUT2D eigenvalue weighted by atomic mass is 16.6. The fourth-order valence-electron chi connectivity index (χ4n) is 4.20. The van der Waals surface area contributed by atoms with Crippen LogP contribution >= 0.6 is 0 Å². The van der Waals surface area contributed by atoms with Crippen LogP contribution in [0, 0.1) is 0 Å². The number of hydrogen-bond donors (Lipinski definition) is 0. The second-order valence-corrected chi connectivity index (χ2v) is 8.85. The van der Waals surface area contributed by atoms with Gasteiger partial charge in [-0.2, -0.15) is 0 Å². The van der Waals surface area contributed by atoms with E-state index >= 15 is 0 Å². The van der Waals surface area contributed by atoms with Crippen LogP contribution < -0.4 is 9.47 Å². The van der Waals surface area contributed by atoms with Crippen LogP contribution in [-0.2, 0) is 21.0 Å². The first-order valence-electron chi connectivity index (χ1n) is 13.0. The van der Waals surface area contributed by atoms with Crippen molar-refractivity contribution < 1.29 is 23.8 Å². The average molecular weight is 524 g/mol. The maximum absolute atomic E-state index is 12.3. The van der Waals surface area contributed by atoms with Gasteiger partial charge in [0.2, 0.25) is 0 Å². The first-order chi connectivity index (χ1) is 19.2. The Balaban J connectivity index is 1.33. The Labute approximate surface area is 229 Å². The van der Waals surface area contributed by atoms with Crippen molar-refractivity contribution in [2.45, 2.75) is 25.9 Å². The van der Waals surface area contributed by atoms with Gasteiger partial charge in [0, 0.05) is 11.5 Å². The van der Waals surface area contributed by atoms with Gasteiger partial charge in [-0.05, 0) is 47.9 Å². The molecule has 0 N–H and O–H groups in total. The van der Waals surface area contributed by atoms with Crippen molar-refractivity contribution in [3.63, 3.8) is 0 Å². The molecule has 0 aromatic heterocycles. The van der Waals surface area contributed by atoms with Gasteiger partial charge < -0.3 is 19.0 Å². The molecule has 4 aromatic carbocycles. The van der Waals surface area contributed by atoms with E-state index in [1.807, 2.05) is 116 Å². The molecule has 0 saturated heterocycles. The van der Waals surface area contributed by atoms with Crippen molar-refractivity contribution in [2.24, 2.45) is 5.16 Å². The van der Waals surface area contributed by atoms with Crippen molar-refractivity contribution in [1.82, 2.24) is 0 Å². The molecule has 6 heteroatoms. The minimum absolute atomic E-state index is 0.0804. The third kappa shape index (κ3) is 8.20. The van der Waals surface area contributed by atoms with Crippen LogP contribution in [0.25, 0.3) is 0 Å². The first kappa shape index (κ1) is 27.5. The second kappa shape index (κ2) is 14.4. The lowest BCUT2D eigenvalue weighted by Gasteiger charge is -2.18. The van der Waals surface area contributed by atoms with Crippen molar-refractivity contribution in [2.75, 3.05) is 20.3 Å². The van der Waals surface area contributed by atoms with Crippen LogP contribution in [0.3, 0.4) is 0 Å². The maximum Gasteiger partial charge on any atom is 0.306 e. The third-order valence-corrected chi connectivity index (χ3v) is 6.17. The third-order valence-electron chi connectivity index (χ3n) is 6.17. The van der Waals surface area contributed by atoms with Gasteiger partial charge in [-0.1, -0.05) is 90.1 Å². The Morgan fingerprint density at radius 1 is 0.744 bits per heavy atom. The highest BCUT2D eigenvalue weighted by Crippen LogP contribution is 2.30. The molecule has 0 radical (unpaired) electrons. The molecule has 0 bridgehead atoms. The second-order valence-electron chi connectivity index (χ2n) is 8.85. The summed E-state index contributed by atoms with van der Waals surface area (Å²) in [6.45, 7) is 2.91. The number of benzene rings is 4. The topological polar surface area (TPSA) is 66.4 Å². The summed E-state index contributed by atoms with van der Waals surface area (Å²) in [6, 6.07) is 35.5. The monoisotopic (exact) mass is 523 g/mol. The van der Waals surface area contributed by atoms with E-state index in [0.717, 1.165) is 33.8 Å². The number of carbonyl (C=O) groups excluding carboxylic acids is 1. The summed E-state index contributed by atoms with van der Waals surface area (Å²) in [4.78, 5) is 17.2. The fraction of sp³-hybridized carbons (Fsp3) is 0.212. The largest absolute Gasteiger partial charge is 0.489 e. The van der Waals surface area contributed by atoms with Crippen LogP contribution in [0.4, 0.5) is 0 Å². The summed E-state index contributed by atoms with van der Waals surface area (Å²) in [5.41, 5.74) is 4.79. The lowest BCUT2D eigenvalue weighted by Crippen LogP contribution is -2.13. The van der Waals surface area contributed by atoms with Crippen LogP contribution in [0.1, 0.15) is 41.5 Å². The van der Waals surface area contributed by atoms with Gasteiger partial charge in [-0.25, -0.2) is 0 Å². The number of rotatable bonds is 13. The Hall–Kier alpha value is -4.58. The molecule has 4 aromatic rings. The molecule has 200 valence electrons. The van der Waals surface area contributed by atoms with Crippen LogP contribution in [-0.4, -0.2) is 32.0 Å². The Kier molecular flexibility index (Phi) is 10.1. The van der Waals surface area contributed by atoms with E-state index in [1.54, 1.807) is 0 Å². The number of esters is 1. The van der Waals surface area contributed by atoms with E-state index in [9.17, 15) is 4.79 Å². The fourth-order valence-corrected chi connectivity index (χ4v) is 4.20. The van der Waals surface area contributed by atoms with Gasteiger partial charge in [0.1, 0.15) is 37.5 Å². The molecular formula is C33H33NO5. The molecule has 0 amide bonds. The van der Waals surface area contributed by atoms with Crippen LogP contribution in [0.5, 0.6) is 11.5 Å². The van der Waals surface area contributed by atoms with Gasteiger partial charge in [0.05, 0.1) is 13.0 Å². The highest BCUT2D eigenvalue weighted by Gasteiger charge is 2.19. The molecule has 0 aliphatic rings. The Morgan fingerprint density at radius 3 is 1.97 bits per heavy atom. The molecular weight excluding hydrogens is 490 g/mol. The summed E-state index contributed by atoms with van der Waals surface area (Å²) in [7, 11) is 1.52. The molecule has 0 aliphatic carbocycles. The molecule has 39 heavy (non-hydrogen) atoms. The normalized spacial score (nSPS) is 11.9. The molecule has 0 heterocycles. The number of oxime groups is 1. The van der Waals surface area contributed by atoms with Crippen LogP contribution in [0.2, 0.25) is 0 Å². The number of nitrogens with zero attached hydrogens (tertiary/aromatic N) is 1. The smallest absolute Gasteiger partial charge is 0.306 e. The van der Waals surface area contributed by atoms with Crippen LogP contribution in [0.15, 0.2) is 114 Å². The molecule has 6 nitrogen and oxygen atoms in total. The van der Waals surface area contributed by atoms with Crippen molar-refractivity contribution in [1.29, 1.82) is 0 Å². The summed E-state index contributed by atoms with van der Waals surface area (Å²) in [5.74, 6) is 1.20. The molecule has 1 unspecified atom stereocenters. The maximum atomic E-state index is 12.3. The molecule has 4 rings (SSSR count). The van der Waals surface area contributed by atoms with E-state index in [2.05, 4.69) is 5.16 Å². The Bertz CT molecular complexity index is 1320. The molecule has 0 saturated carbocycles. The summed E-state index contributed by atoms with van der Waals surface area (Å²) in [5, 5.41) is 4.10. The van der Waals surface area contributed by atoms with Gasteiger partial charge in [0.25, 0.3) is 0 Å².